The molecular formula is C19H13O3+. The molecule has 22 heavy (non-hydrogen) atoms. The molecule has 0 unspecified atom stereocenters. The number of benzene rings is 2. The Balaban J connectivity index is 1.87. The largest absolute Gasteiger partial charge is 0.556 e. The lowest BCUT2D eigenvalue weighted by atomic mass is 9.91. The van der Waals surface area contributed by atoms with E-state index >= 15 is 0 Å². The van der Waals surface area contributed by atoms with Crippen LogP contribution in [0, 0.1) is 0 Å². The van der Waals surface area contributed by atoms with Gasteiger partial charge in [-0.1, -0.05) is 24.3 Å². The highest BCUT2D eigenvalue weighted by atomic mass is 16.5. The Morgan fingerprint density at radius 1 is 1.09 bits per heavy atom. The summed E-state index contributed by atoms with van der Waals surface area (Å²) in [5.74, 6) is 1.15. The van der Waals surface area contributed by atoms with Crippen LogP contribution in [0.1, 0.15) is 11.3 Å². The minimum absolute atomic E-state index is 0.253. The van der Waals surface area contributed by atoms with Gasteiger partial charge >= 0.3 is 0 Å². The summed E-state index contributed by atoms with van der Waals surface area (Å²) in [6.07, 6.45) is 8.72. The zero-order valence-electron chi connectivity index (χ0n) is 11.7. The van der Waals surface area contributed by atoms with Gasteiger partial charge in [0.2, 0.25) is 12.5 Å². The summed E-state index contributed by atoms with van der Waals surface area (Å²) < 4.78 is 10.4. The summed E-state index contributed by atoms with van der Waals surface area (Å²) in [4.78, 5) is 0. The highest BCUT2D eigenvalue weighted by Crippen LogP contribution is 2.41. The standard InChI is InChI=1S/C19H12O3/c20-13-4-1-11-2-5-14-15-6-3-12-7-8-21-10-17(12)19(15)22-18(14)16(11)9-13/h1-5,7-10,20H,6H2/p+1. The van der Waals surface area contributed by atoms with Crippen LogP contribution in [0.15, 0.2) is 65.0 Å². The van der Waals surface area contributed by atoms with Crippen molar-refractivity contribution in [1.29, 1.82) is 0 Å². The summed E-state index contributed by atoms with van der Waals surface area (Å²) in [6.45, 7) is 0. The third kappa shape index (κ3) is 1.45. The molecule has 0 radical (unpaired) electrons. The summed E-state index contributed by atoms with van der Waals surface area (Å²) >= 11 is 0. The first-order valence-corrected chi connectivity index (χ1v) is 7.26. The molecule has 3 nitrogen and oxygen atoms in total. The van der Waals surface area contributed by atoms with Crippen LogP contribution in [0.25, 0.3) is 27.3 Å². The molecule has 106 valence electrons. The lowest BCUT2D eigenvalue weighted by Gasteiger charge is -2.13. The number of phenols is 1. The number of fused-ring (bicyclic) bond motifs is 7. The van der Waals surface area contributed by atoms with Crippen molar-refractivity contribution in [3.63, 3.8) is 0 Å². The molecule has 0 bridgehead atoms. The van der Waals surface area contributed by atoms with Crippen molar-refractivity contribution in [3.8, 4) is 5.75 Å². The molecule has 2 heterocycles. The van der Waals surface area contributed by atoms with Crippen molar-refractivity contribution in [3.05, 3.63) is 71.9 Å². The second-order valence-corrected chi connectivity index (χ2v) is 5.63. The van der Waals surface area contributed by atoms with E-state index in [1.165, 1.54) is 5.56 Å². The minimum atomic E-state index is 0.253. The molecule has 2 N–H and O–H groups in total. The smallest absolute Gasteiger partial charge is 0.234 e. The van der Waals surface area contributed by atoms with Crippen LogP contribution in [0.2, 0.25) is 0 Å². The second-order valence-electron chi connectivity index (χ2n) is 5.63. The first-order chi connectivity index (χ1) is 10.8. The van der Waals surface area contributed by atoms with Gasteiger partial charge in [-0.05, 0) is 29.5 Å². The predicted molar refractivity (Wildman–Crippen MR) is 86.9 cm³/mol. The van der Waals surface area contributed by atoms with E-state index in [2.05, 4.69) is 22.9 Å². The number of furan rings is 1. The van der Waals surface area contributed by atoms with Crippen LogP contribution in [-0.2, 0) is 6.42 Å². The highest BCUT2D eigenvalue weighted by molar-refractivity contribution is 6.08. The number of phenolic OH excluding ortho intramolecular Hbond substituents is 1. The Bertz CT molecular complexity index is 1030. The van der Waals surface area contributed by atoms with E-state index < -0.39 is 0 Å². The number of rotatable bonds is 0. The van der Waals surface area contributed by atoms with Gasteiger partial charge in [-0.3, -0.25) is 0 Å². The van der Waals surface area contributed by atoms with Crippen molar-refractivity contribution in [2.75, 3.05) is 0 Å². The van der Waals surface area contributed by atoms with Crippen LogP contribution in [-0.4, -0.2) is 9.84 Å². The average molecular weight is 289 g/mol. The maximum absolute atomic E-state index is 9.79. The van der Waals surface area contributed by atoms with Crippen LogP contribution >= 0.6 is 0 Å². The highest BCUT2D eigenvalue weighted by Gasteiger charge is 2.26. The fraction of sp³-hybridized carbons (Fsp3) is 0.0526. The molecular weight excluding hydrogens is 276 g/mol. The van der Waals surface area contributed by atoms with E-state index in [0.717, 1.165) is 45.1 Å². The van der Waals surface area contributed by atoms with E-state index in [-0.39, 0.29) is 5.75 Å². The van der Waals surface area contributed by atoms with E-state index in [4.69, 9.17) is 4.42 Å². The van der Waals surface area contributed by atoms with Crippen molar-refractivity contribution < 1.29 is 14.3 Å². The molecule has 1 aliphatic heterocycles. The van der Waals surface area contributed by atoms with E-state index in [0.29, 0.717) is 0 Å². The Morgan fingerprint density at radius 3 is 2.95 bits per heavy atom. The number of allylic oxidation sites excluding steroid dienone is 4. The molecule has 1 aromatic heterocycles. The fourth-order valence-corrected chi connectivity index (χ4v) is 3.32. The zero-order chi connectivity index (χ0) is 14.7. The second kappa shape index (κ2) is 4.04. The number of aromatic hydroxyl groups is 1. The average Bonchev–Trinajstić information content (AvgIpc) is 2.94. The lowest BCUT2D eigenvalue weighted by Crippen LogP contribution is -2.02. The maximum Gasteiger partial charge on any atom is 0.234 e. The molecule has 5 rings (SSSR count). The monoisotopic (exact) mass is 289 g/mol. The molecule has 3 aromatic rings. The normalized spacial score (nSPS) is 16.0. The van der Waals surface area contributed by atoms with Crippen LogP contribution in [0.4, 0.5) is 0 Å². The first-order valence-electron chi connectivity index (χ1n) is 7.26. The summed E-state index contributed by atoms with van der Waals surface area (Å²) in [5, 5.41) is 12.9. The summed E-state index contributed by atoms with van der Waals surface area (Å²) in [6, 6.07) is 9.55. The summed E-state index contributed by atoms with van der Waals surface area (Å²) in [5.41, 5.74) is 4.23. The van der Waals surface area contributed by atoms with Gasteiger partial charge in [-0.15, -0.1) is 0 Å². The molecule has 1 aliphatic carbocycles. The van der Waals surface area contributed by atoms with Crippen LogP contribution in [0.3, 0.4) is 0 Å². The predicted octanol–water partition coefficient (Wildman–Crippen LogP) is 4.74. The van der Waals surface area contributed by atoms with Gasteiger partial charge < -0.3 is 14.3 Å². The SMILES string of the molecule is Oc1ccc2ccc3c4c(oc3c2c1)C1=C[OH+]C=CC1=CC4. The molecule has 0 spiro atoms. The third-order valence-corrected chi connectivity index (χ3v) is 4.38. The van der Waals surface area contributed by atoms with Gasteiger partial charge in [-0.2, -0.15) is 0 Å². The molecule has 2 aromatic carbocycles. The van der Waals surface area contributed by atoms with E-state index in [9.17, 15) is 5.11 Å². The van der Waals surface area contributed by atoms with Gasteiger partial charge in [0.05, 0.1) is 0 Å². The Morgan fingerprint density at radius 2 is 2.00 bits per heavy atom. The molecule has 0 saturated heterocycles. The maximum atomic E-state index is 9.79. The molecule has 0 amide bonds. The van der Waals surface area contributed by atoms with Gasteiger partial charge in [-0.25, -0.2) is 0 Å². The Hall–Kier alpha value is -2.94. The van der Waals surface area contributed by atoms with Crippen molar-refractivity contribution >= 4 is 27.3 Å². The van der Waals surface area contributed by atoms with E-state index in [1.54, 1.807) is 18.4 Å². The van der Waals surface area contributed by atoms with Crippen LogP contribution in [0.5, 0.6) is 5.75 Å². The third-order valence-electron chi connectivity index (χ3n) is 4.38. The quantitative estimate of drug-likeness (QED) is 0.608. The Kier molecular flexibility index (Phi) is 2.15. The fourth-order valence-electron chi connectivity index (χ4n) is 3.32. The number of hydrogen-bond acceptors (Lipinski definition) is 2. The van der Waals surface area contributed by atoms with Crippen molar-refractivity contribution in [2.45, 2.75) is 6.42 Å². The molecule has 3 heteroatoms. The van der Waals surface area contributed by atoms with Gasteiger partial charge in [0.1, 0.15) is 22.7 Å². The number of aliphatic hydroxyl groups is 2. The van der Waals surface area contributed by atoms with Gasteiger partial charge in [0, 0.05) is 22.4 Å². The Labute approximate surface area is 126 Å². The number of hydrogen-bond donors (Lipinski definition) is 1. The lowest BCUT2D eigenvalue weighted by molar-refractivity contribution is 0.189. The van der Waals surface area contributed by atoms with Gasteiger partial charge in [0.15, 0.2) is 0 Å². The molecule has 0 fully saturated rings. The van der Waals surface area contributed by atoms with E-state index in [1.807, 2.05) is 18.4 Å². The summed E-state index contributed by atoms with van der Waals surface area (Å²) in [7, 11) is 0. The topological polar surface area (TPSA) is 46.2 Å². The van der Waals surface area contributed by atoms with Crippen molar-refractivity contribution in [1.82, 2.24) is 0 Å². The van der Waals surface area contributed by atoms with Crippen LogP contribution < -0.4 is 0 Å². The molecule has 0 saturated carbocycles. The molecule has 2 aliphatic rings. The zero-order valence-corrected chi connectivity index (χ0v) is 11.7. The molecule has 0 atom stereocenters. The van der Waals surface area contributed by atoms with Crippen molar-refractivity contribution in [2.24, 2.45) is 0 Å². The first kappa shape index (κ1) is 11.7. The number of ether oxygens (including phenoxy) is 1. The minimum Gasteiger partial charge on any atom is -0.556 e. The van der Waals surface area contributed by atoms with Gasteiger partial charge in [0.25, 0.3) is 0 Å².